The number of aryl methyl sites for hydroxylation is 1. The van der Waals surface area contributed by atoms with Gasteiger partial charge in [0.05, 0.1) is 16.7 Å². The van der Waals surface area contributed by atoms with Crippen molar-refractivity contribution in [3.05, 3.63) is 28.3 Å². The van der Waals surface area contributed by atoms with Gasteiger partial charge < -0.3 is 4.74 Å². The summed E-state index contributed by atoms with van der Waals surface area (Å²) in [5, 5.41) is -0.0129. The van der Waals surface area contributed by atoms with E-state index < -0.39 is 11.7 Å². The Hall–Kier alpha value is -0.900. The maximum Gasteiger partial charge on any atom is 0.416 e. The summed E-state index contributed by atoms with van der Waals surface area (Å²) in [5.41, 5.74) is -0.375. The Kier molecular flexibility index (Phi) is 3.73. The summed E-state index contributed by atoms with van der Waals surface area (Å²) < 4.78 is 42.7. The van der Waals surface area contributed by atoms with Crippen molar-refractivity contribution >= 4 is 11.6 Å². The average Bonchev–Trinajstić information content (AvgIpc) is 2.09. The Bertz CT molecular complexity index is 362. The molecule has 0 heterocycles. The lowest BCUT2D eigenvalue weighted by molar-refractivity contribution is -0.137. The van der Waals surface area contributed by atoms with Crippen LogP contribution in [-0.2, 0) is 6.18 Å². The molecule has 5 heteroatoms. The summed E-state index contributed by atoms with van der Waals surface area (Å²) in [7, 11) is 0. The third-order valence-corrected chi connectivity index (χ3v) is 2.19. The van der Waals surface area contributed by atoms with Crippen LogP contribution in [0.4, 0.5) is 13.2 Å². The SMILES string of the molecule is Cc1cc(C(F)(F)F)cc(Cl)c1OC(C)C. The van der Waals surface area contributed by atoms with Gasteiger partial charge in [-0.25, -0.2) is 0 Å². The highest BCUT2D eigenvalue weighted by Crippen LogP contribution is 2.37. The maximum atomic E-state index is 12.4. The van der Waals surface area contributed by atoms with E-state index in [2.05, 4.69) is 0 Å². The second kappa shape index (κ2) is 4.53. The van der Waals surface area contributed by atoms with Crippen molar-refractivity contribution in [2.75, 3.05) is 0 Å². The zero-order chi connectivity index (χ0) is 12.5. The van der Waals surface area contributed by atoms with Gasteiger partial charge in [0.2, 0.25) is 0 Å². The summed E-state index contributed by atoms with van der Waals surface area (Å²) in [6.45, 7) is 5.11. The molecule has 0 bridgehead atoms. The molecular formula is C11H12ClF3O. The predicted octanol–water partition coefficient (Wildman–Crippen LogP) is 4.45. The number of hydrogen-bond donors (Lipinski definition) is 0. The molecule has 90 valence electrons. The molecule has 0 amide bonds. The third kappa shape index (κ3) is 3.04. The molecule has 0 unspecified atom stereocenters. The van der Waals surface area contributed by atoms with Crippen LogP contribution < -0.4 is 4.74 Å². The molecule has 0 aliphatic carbocycles. The molecule has 0 saturated carbocycles. The molecule has 16 heavy (non-hydrogen) atoms. The van der Waals surface area contributed by atoms with Crippen LogP contribution in [0.1, 0.15) is 25.0 Å². The van der Waals surface area contributed by atoms with Crippen LogP contribution in [0.3, 0.4) is 0 Å². The highest BCUT2D eigenvalue weighted by Gasteiger charge is 2.31. The lowest BCUT2D eigenvalue weighted by atomic mass is 10.1. The zero-order valence-electron chi connectivity index (χ0n) is 9.15. The molecular weight excluding hydrogens is 241 g/mol. The van der Waals surface area contributed by atoms with E-state index in [1.54, 1.807) is 20.8 Å². The minimum atomic E-state index is -4.38. The van der Waals surface area contributed by atoms with Crippen LogP contribution in [0.15, 0.2) is 12.1 Å². The topological polar surface area (TPSA) is 9.23 Å². The van der Waals surface area contributed by atoms with Crippen LogP contribution >= 0.6 is 11.6 Å². The molecule has 0 spiro atoms. The lowest BCUT2D eigenvalue weighted by Gasteiger charge is -2.16. The van der Waals surface area contributed by atoms with Crippen molar-refractivity contribution in [1.29, 1.82) is 0 Å². The number of rotatable bonds is 2. The van der Waals surface area contributed by atoms with Gasteiger partial charge in [0.25, 0.3) is 0 Å². The molecule has 1 nitrogen and oxygen atoms in total. The van der Waals surface area contributed by atoms with Crippen LogP contribution in [0, 0.1) is 6.92 Å². The van der Waals surface area contributed by atoms with Gasteiger partial charge in [0, 0.05) is 0 Å². The van der Waals surface area contributed by atoms with Gasteiger partial charge in [0.15, 0.2) is 0 Å². The fourth-order valence-corrected chi connectivity index (χ4v) is 1.59. The van der Waals surface area contributed by atoms with E-state index in [1.807, 2.05) is 0 Å². The molecule has 0 aliphatic rings. The van der Waals surface area contributed by atoms with E-state index in [9.17, 15) is 13.2 Å². The molecule has 0 fully saturated rings. The largest absolute Gasteiger partial charge is 0.489 e. The first-order chi connectivity index (χ1) is 7.21. The first-order valence-electron chi connectivity index (χ1n) is 4.76. The number of halogens is 4. The molecule has 0 aromatic heterocycles. The standard InChI is InChI=1S/C11H12ClF3O/c1-6(2)16-10-7(3)4-8(5-9(10)12)11(13,14)15/h4-6H,1-3H3. The molecule has 1 aromatic rings. The van der Waals surface area contributed by atoms with Gasteiger partial charge in [-0.2, -0.15) is 13.2 Å². The van der Waals surface area contributed by atoms with Crippen molar-refractivity contribution in [1.82, 2.24) is 0 Å². The molecule has 1 rings (SSSR count). The average molecular weight is 253 g/mol. The number of benzene rings is 1. The van der Waals surface area contributed by atoms with E-state index >= 15 is 0 Å². The number of ether oxygens (including phenoxy) is 1. The van der Waals surface area contributed by atoms with Crippen LogP contribution in [-0.4, -0.2) is 6.10 Å². The Morgan fingerprint density at radius 2 is 1.81 bits per heavy atom. The summed E-state index contributed by atoms with van der Waals surface area (Å²) in [5.74, 6) is 0.310. The van der Waals surface area contributed by atoms with Crippen molar-refractivity contribution in [3.8, 4) is 5.75 Å². The fraction of sp³-hybridized carbons (Fsp3) is 0.455. The van der Waals surface area contributed by atoms with E-state index in [4.69, 9.17) is 16.3 Å². The first-order valence-corrected chi connectivity index (χ1v) is 5.13. The van der Waals surface area contributed by atoms with Gasteiger partial charge in [-0.15, -0.1) is 0 Å². The second-order valence-electron chi connectivity index (χ2n) is 3.77. The Labute approximate surface area is 97.2 Å². The Morgan fingerprint density at radius 3 is 2.19 bits per heavy atom. The van der Waals surface area contributed by atoms with Gasteiger partial charge in [-0.3, -0.25) is 0 Å². The Morgan fingerprint density at radius 1 is 1.25 bits per heavy atom. The maximum absolute atomic E-state index is 12.4. The van der Waals surface area contributed by atoms with Crippen molar-refractivity contribution in [2.24, 2.45) is 0 Å². The minimum absolute atomic E-state index is 0.0129. The molecule has 0 aliphatic heterocycles. The van der Waals surface area contributed by atoms with E-state index in [-0.39, 0.29) is 11.1 Å². The van der Waals surface area contributed by atoms with Gasteiger partial charge in [-0.05, 0) is 38.5 Å². The van der Waals surface area contributed by atoms with Crippen molar-refractivity contribution in [3.63, 3.8) is 0 Å². The minimum Gasteiger partial charge on any atom is -0.489 e. The van der Waals surface area contributed by atoms with Gasteiger partial charge in [-0.1, -0.05) is 11.6 Å². The van der Waals surface area contributed by atoms with Gasteiger partial charge in [0.1, 0.15) is 5.75 Å². The van der Waals surface area contributed by atoms with Crippen LogP contribution in [0.2, 0.25) is 5.02 Å². The summed E-state index contributed by atoms with van der Waals surface area (Å²) in [4.78, 5) is 0. The Balaban J connectivity index is 3.18. The molecule has 1 aromatic carbocycles. The third-order valence-electron chi connectivity index (χ3n) is 1.91. The van der Waals surface area contributed by atoms with Crippen molar-refractivity contribution in [2.45, 2.75) is 33.1 Å². The highest BCUT2D eigenvalue weighted by atomic mass is 35.5. The van der Waals surface area contributed by atoms with Crippen LogP contribution in [0.5, 0.6) is 5.75 Å². The monoisotopic (exact) mass is 252 g/mol. The van der Waals surface area contributed by atoms with Crippen molar-refractivity contribution < 1.29 is 17.9 Å². The van der Waals surface area contributed by atoms with E-state index in [1.165, 1.54) is 0 Å². The summed E-state index contributed by atoms with van der Waals surface area (Å²) >= 11 is 5.76. The number of hydrogen-bond acceptors (Lipinski definition) is 1. The zero-order valence-corrected chi connectivity index (χ0v) is 9.91. The summed E-state index contributed by atoms with van der Waals surface area (Å²) in [6.07, 6.45) is -4.52. The summed E-state index contributed by atoms with van der Waals surface area (Å²) in [6, 6.07) is 1.91. The number of alkyl halides is 3. The van der Waals surface area contributed by atoms with Gasteiger partial charge >= 0.3 is 6.18 Å². The van der Waals surface area contributed by atoms with Crippen LogP contribution in [0.25, 0.3) is 0 Å². The first kappa shape index (κ1) is 13.2. The smallest absolute Gasteiger partial charge is 0.416 e. The molecule has 0 atom stereocenters. The highest BCUT2D eigenvalue weighted by molar-refractivity contribution is 6.32. The molecule has 0 N–H and O–H groups in total. The predicted molar refractivity (Wildman–Crippen MR) is 57.0 cm³/mol. The van der Waals surface area contributed by atoms with E-state index in [0.717, 1.165) is 12.1 Å². The normalized spacial score (nSPS) is 12.0. The quantitative estimate of drug-likeness (QED) is 0.755. The molecule has 0 radical (unpaired) electrons. The van der Waals surface area contributed by atoms with E-state index in [0.29, 0.717) is 11.3 Å². The fourth-order valence-electron chi connectivity index (χ4n) is 1.28. The lowest BCUT2D eigenvalue weighted by Crippen LogP contribution is -2.10. The molecule has 0 saturated heterocycles. The second-order valence-corrected chi connectivity index (χ2v) is 4.18.